The highest BCUT2D eigenvalue weighted by molar-refractivity contribution is 6.31. The molecule has 8 heteroatoms. The number of rotatable bonds is 7. The Morgan fingerprint density at radius 2 is 1.81 bits per heavy atom. The van der Waals surface area contributed by atoms with Crippen LogP contribution in [0.15, 0.2) is 66.7 Å². The van der Waals surface area contributed by atoms with Crippen LogP contribution in [-0.2, 0) is 6.54 Å². The van der Waals surface area contributed by atoms with Gasteiger partial charge in [-0.05, 0) is 73.0 Å². The third kappa shape index (κ3) is 6.04. The van der Waals surface area contributed by atoms with Gasteiger partial charge in [0.1, 0.15) is 11.6 Å². The number of carbonyl (C=O) groups excluding carboxylic acids is 2. The number of nitrogens with zero attached hydrogens (tertiary/aromatic N) is 1. The quantitative estimate of drug-likeness (QED) is 0.431. The molecule has 4 rings (SSSR count). The fourth-order valence-corrected chi connectivity index (χ4v) is 4.76. The van der Waals surface area contributed by atoms with Gasteiger partial charge in [0.15, 0.2) is 0 Å². The number of carbonyl (C=O) groups is 2. The maximum atomic E-state index is 13.9. The average Bonchev–Trinajstić information content (AvgIpc) is 2.89. The van der Waals surface area contributed by atoms with E-state index in [9.17, 15) is 14.0 Å². The Balaban J connectivity index is 1.61. The van der Waals surface area contributed by atoms with Crippen molar-refractivity contribution in [2.75, 3.05) is 12.4 Å². The first-order valence-electron chi connectivity index (χ1n) is 11.9. The molecule has 0 spiro atoms. The Morgan fingerprint density at radius 3 is 2.56 bits per heavy atom. The molecule has 1 aliphatic carbocycles. The Bertz CT molecular complexity index is 1250. The molecular weight excluding hydrogens is 481 g/mol. The summed E-state index contributed by atoms with van der Waals surface area (Å²) in [4.78, 5) is 28.0. The molecule has 0 bridgehead atoms. The Morgan fingerprint density at radius 1 is 1.06 bits per heavy atom. The highest BCUT2D eigenvalue weighted by Crippen LogP contribution is 2.29. The molecule has 2 unspecified atom stereocenters. The number of anilines is 1. The van der Waals surface area contributed by atoms with Crippen molar-refractivity contribution in [2.45, 2.75) is 44.3 Å². The topological polar surface area (TPSA) is 84.7 Å². The molecule has 0 saturated heterocycles. The first kappa shape index (κ1) is 25.7. The minimum absolute atomic E-state index is 0.176. The van der Waals surface area contributed by atoms with E-state index in [0.717, 1.165) is 25.7 Å². The monoisotopic (exact) mass is 509 g/mol. The summed E-state index contributed by atoms with van der Waals surface area (Å²) in [6, 6.07) is 17.2. The normalized spacial score (nSPS) is 17.3. The lowest BCUT2D eigenvalue weighted by molar-refractivity contribution is 0.0583. The van der Waals surface area contributed by atoms with E-state index in [1.807, 2.05) is 0 Å². The molecule has 0 heterocycles. The van der Waals surface area contributed by atoms with E-state index < -0.39 is 5.82 Å². The fourth-order valence-electron chi connectivity index (χ4n) is 4.58. The van der Waals surface area contributed by atoms with Crippen LogP contribution in [0.4, 0.5) is 10.1 Å². The Labute approximate surface area is 215 Å². The second-order valence-corrected chi connectivity index (χ2v) is 9.36. The third-order valence-corrected chi connectivity index (χ3v) is 6.86. The predicted octanol–water partition coefficient (Wildman–Crippen LogP) is 5.65. The molecule has 0 radical (unpaired) electrons. The van der Waals surface area contributed by atoms with E-state index in [1.54, 1.807) is 53.4 Å². The summed E-state index contributed by atoms with van der Waals surface area (Å²) in [5.74, 6) is -0.508. The molecule has 3 N–H and O–H groups in total. The molecule has 6 nitrogen and oxygen atoms in total. The van der Waals surface area contributed by atoms with Crippen LogP contribution in [0.25, 0.3) is 0 Å². The van der Waals surface area contributed by atoms with Crippen molar-refractivity contribution in [3.05, 3.63) is 94.3 Å². The van der Waals surface area contributed by atoms with Crippen LogP contribution in [0.2, 0.25) is 5.02 Å². The number of nitrogens with two attached hydrogens (primary N) is 1. The van der Waals surface area contributed by atoms with Gasteiger partial charge < -0.3 is 20.7 Å². The third-order valence-electron chi connectivity index (χ3n) is 6.49. The van der Waals surface area contributed by atoms with Crippen LogP contribution in [0.1, 0.15) is 52.0 Å². The van der Waals surface area contributed by atoms with Crippen LogP contribution in [0.5, 0.6) is 5.75 Å². The lowest BCUT2D eigenvalue weighted by atomic mass is 9.89. The summed E-state index contributed by atoms with van der Waals surface area (Å²) < 4.78 is 19.1. The van der Waals surface area contributed by atoms with Gasteiger partial charge in [-0.3, -0.25) is 9.59 Å². The number of benzene rings is 3. The van der Waals surface area contributed by atoms with Crippen LogP contribution < -0.4 is 15.8 Å². The molecule has 2 amide bonds. The number of hydrogen-bond acceptors (Lipinski definition) is 4. The van der Waals surface area contributed by atoms with Gasteiger partial charge in [0.25, 0.3) is 11.8 Å². The average molecular weight is 510 g/mol. The molecule has 1 aliphatic rings. The molecule has 188 valence electrons. The minimum atomic E-state index is -0.478. The summed E-state index contributed by atoms with van der Waals surface area (Å²) in [5, 5.41) is 3.33. The van der Waals surface area contributed by atoms with Crippen LogP contribution in [-0.4, -0.2) is 35.9 Å². The van der Waals surface area contributed by atoms with E-state index in [-0.39, 0.29) is 36.0 Å². The Kier molecular flexibility index (Phi) is 8.23. The molecule has 1 saturated carbocycles. The molecule has 36 heavy (non-hydrogen) atoms. The van der Waals surface area contributed by atoms with Crippen LogP contribution in [0.3, 0.4) is 0 Å². The number of ether oxygens (including phenoxy) is 1. The minimum Gasteiger partial charge on any atom is -0.497 e. The second kappa shape index (κ2) is 11.5. The maximum absolute atomic E-state index is 13.9. The fraction of sp³-hybridized carbons (Fsp3) is 0.286. The maximum Gasteiger partial charge on any atom is 0.255 e. The lowest BCUT2D eigenvalue weighted by Crippen LogP contribution is -2.51. The van der Waals surface area contributed by atoms with Gasteiger partial charge >= 0.3 is 0 Å². The van der Waals surface area contributed by atoms with Gasteiger partial charge in [-0.2, -0.15) is 0 Å². The summed E-state index contributed by atoms with van der Waals surface area (Å²) in [5.41, 5.74) is 8.33. The zero-order chi connectivity index (χ0) is 25.7. The molecule has 3 aromatic carbocycles. The summed E-state index contributed by atoms with van der Waals surface area (Å²) >= 11 is 6.53. The van der Waals surface area contributed by atoms with Crippen LogP contribution in [0, 0.1) is 5.82 Å². The summed E-state index contributed by atoms with van der Waals surface area (Å²) in [7, 11) is 1.54. The van der Waals surface area contributed by atoms with Crippen molar-refractivity contribution in [3.63, 3.8) is 0 Å². The van der Waals surface area contributed by atoms with Gasteiger partial charge in [-0.15, -0.1) is 0 Å². The van der Waals surface area contributed by atoms with Gasteiger partial charge in [0, 0.05) is 40.5 Å². The first-order chi connectivity index (χ1) is 17.4. The number of nitrogens with one attached hydrogen (secondary N) is 1. The van der Waals surface area contributed by atoms with Crippen molar-refractivity contribution < 1.29 is 18.7 Å². The van der Waals surface area contributed by atoms with Crippen molar-refractivity contribution >= 4 is 29.1 Å². The van der Waals surface area contributed by atoms with Gasteiger partial charge in [0.05, 0.1) is 7.11 Å². The molecule has 1 fully saturated rings. The van der Waals surface area contributed by atoms with E-state index in [1.165, 1.54) is 25.3 Å². The number of amides is 2. The van der Waals surface area contributed by atoms with E-state index in [0.29, 0.717) is 27.6 Å². The molecular formula is C28H29ClFN3O3. The van der Waals surface area contributed by atoms with E-state index >= 15 is 0 Å². The molecule has 0 aliphatic heterocycles. The molecule has 2 atom stereocenters. The largest absolute Gasteiger partial charge is 0.497 e. The van der Waals surface area contributed by atoms with Crippen molar-refractivity contribution in [2.24, 2.45) is 5.73 Å². The highest BCUT2D eigenvalue weighted by Gasteiger charge is 2.32. The smallest absolute Gasteiger partial charge is 0.255 e. The number of hydrogen-bond donors (Lipinski definition) is 2. The number of halogens is 2. The standard InChI is InChI=1S/C28H29ClFN3O3/c1-36-23-9-5-6-18(16-23)27(34)32-22-12-13-24(29)20(15-22)17-33(26-11-3-2-10-25(26)31)28(35)19-7-4-8-21(30)14-19/h4-9,12-16,25-26H,2-3,10-11,17,31H2,1H3,(H,32,34). The zero-order valence-electron chi connectivity index (χ0n) is 20.0. The van der Waals surface area contributed by atoms with E-state index in [4.69, 9.17) is 22.1 Å². The molecule has 0 aromatic heterocycles. The van der Waals surface area contributed by atoms with Crippen molar-refractivity contribution in [3.8, 4) is 5.75 Å². The second-order valence-electron chi connectivity index (χ2n) is 8.95. The summed E-state index contributed by atoms with van der Waals surface area (Å²) in [6.45, 7) is 0.176. The number of methoxy groups -OCH3 is 1. The lowest BCUT2D eigenvalue weighted by Gasteiger charge is -2.38. The van der Waals surface area contributed by atoms with Crippen molar-refractivity contribution in [1.29, 1.82) is 0 Å². The predicted molar refractivity (Wildman–Crippen MR) is 139 cm³/mol. The van der Waals surface area contributed by atoms with Crippen molar-refractivity contribution in [1.82, 2.24) is 4.90 Å². The van der Waals surface area contributed by atoms with Crippen LogP contribution >= 0.6 is 11.6 Å². The summed E-state index contributed by atoms with van der Waals surface area (Å²) in [6.07, 6.45) is 3.52. The van der Waals surface area contributed by atoms with Gasteiger partial charge in [0.2, 0.25) is 0 Å². The molecule has 3 aromatic rings. The van der Waals surface area contributed by atoms with Gasteiger partial charge in [-0.1, -0.05) is 36.6 Å². The van der Waals surface area contributed by atoms with Gasteiger partial charge in [-0.25, -0.2) is 4.39 Å². The Hall–Kier alpha value is -3.42. The highest BCUT2D eigenvalue weighted by atomic mass is 35.5. The zero-order valence-corrected chi connectivity index (χ0v) is 20.8. The SMILES string of the molecule is COc1cccc(C(=O)Nc2ccc(Cl)c(CN(C(=O)c3cccc(F)c3)C3CCCCC3N)c2)c1. The van der Waals surface area contributed by atoms with E-state index in [2.05, 4.69) is 5.32 Å². The first-order valence-corrected chi connectivity index (χ1v) is 12.3.